The highest BCUT2D eigenvalue weighted by Crippen LogP contribution is 2.46. The van der Waals surface area contributed by atoms with Crippen molar-refractivity contribution in [2.24, 2.45) is 0 Å². The lowest BCUT2D eigenvalue weighted by Gasteiger charge is -2.12. The molecule has 0 radical (unpaired) electrons. The third-order valence-corrected chi connectivity index (χ3v) is 23.9. The summed E-state index contributed by atoms with van der Waals surface area (Å²) >= 11 is 1.87. The van der Waals surface area contributed by atoms with Gasteiger partial charge in [-0.25, -0.2) is 19.9 Å². The summed E-state index contributed by atoms with van der Waals surface area (Å²) in [5, 5.41) is 14.4. The van der Waals surface area contributed by atoms with Crippen molar-refractivity contribution in [2.75, 3.05) is 0 Å². The van der Waals surface area contributed by atoms with Gasteiger partial charge in [0.05, 0.1) is 83.0 Å². The molecule has 24 aromatic rings. The van der Waals surface area contributed by atoms with Gasteiger partial charge in [-0.05, 0) is 131 Å². The summed E-state index contributed by atoms with van der Waals surface area (Å²) in [5.74, 6) is 1.29. The van der Waals surface area contributed by atoms with Crippen LogP contribution in [0, 0.1) is 0 Å². The second-order valence-electron chi connectivity index (χ2n) is 29.2. The number of furan rings is 1. The maximum absolute atomic E-state index is 6.53. The standard InChI is InChI=1S/C52H32N4O.C52H32N4S/c2*1-3-14-33(15-4-1)43-32-44(34-16-5-2-6-17-34)54-52(53-43)56-46-23-11-8-19-38(46)42-31-36(27-29-48(42)56)35-26-28-47-41(30-35)37-18-7-10-22-45(37)55(47)49-24-13-21-40-39-20-9-12-25-50(39)57-51(40)49/h2*1-32H. The molecule has 0 unspecified atom stereocenters. The van der Waals surface area contributed by atoms with E-state index in [4.69, 9.17) is 24.4 Å². The zero-order chi connectivity index (χ0) is 74.9. The molecule has 0 aliphatic rings. The molecule has 0 saturated heterocycles. The van der Waals surface area contributed by atoms with E-state index in [0.717, 1.165) is 133 Å². The Balaban J connectivity index is 0.000000135. The van der Waals surface area contributed by atoms with E-state index >= 15 is 0 Å². The normalized spacial score (nSPS) is 11.9. The van der Waals surface area contributed by atoms with E-state index in [1.807, 2.05) is 47.7 Å². The summed E-state index contributed by atoms with van der Waals surface area (Å²) in [6.07, 6.45) is 0. The van der Waals surface area contributed by atoms with Crippen LogP contribution < -0.4 is 0 Å². The topological polar surface area (TPSA) is 84.4 Å². The molecule has 0 bridgehead atoms. The molecule has 532 valence electrons. The van der Waals surface area contributed by atoms with Crippen LogP contribution in [0.5, 0.6) is 0 Å². The quantitative estimate of drug-likeness (QED) is 0.136. The molecule has 8 aromatic heterocycles. The Kier molecular flexibility index (Phi) is 15.0. The van der Waals surface area contributed by atoms with Gasteiger partial charge in [0.25, 0.3) is 0 Å². The Bertz CT molecular complexity index is 7400. The fourth-order valence-corrected chi connectivity index (χ4v) is 18.7. The van der Waals surface area contributed by atoms with E-state index in [2.05, 4.69) is 370 Å². The van der Waals surface area contributed by atoms with E-state index in [1.165, 1.54) is 75.0 Å². The van der Waals surface area contributed by atoms with Crippen molar-refractivity contribution in [1.82, 2.24) is 38.2 Å². The third-order valence-electron chi connectivity index (χ3n) is 22.7. The molecule has 0 aliphatic carbocycles. The summed E-state index contributed by atoms with van der Waals surface area (Å²) in [6.45, 7) is 0. The number of hydrogen-bond donors (Lipinski definition) is 0. The Morgan fingerprint density at radius 2 is 0.509 bits per heavy atom. The van der Waals surface area contributed by atoms with Crippen molar-refractivity contribution in [3.8, 4) is 90.6 Å². The van der Waals surface area contributed by atoms with Gasteiger partial charge < -0.3 is 13.6 Å². The number of nitrogens with zero attached hydrogens (tertiary/aromatic N) is 8. The Labute approximate surface area is 657 Å². The zero-order valence-corrected chi connectivity index (χ0v) is 62.2. The molecule has 0 N–H and O–H groups in total. The largest absolute Gasteiger partial charge is 0.454 e. The van der Waals surface area contributed by atoms with E-state index in [-0.39, 0.29) is 0 Å². The fourth-order valence-electron chi connectivity index (χ4n) is 17.5. The molecule has 0 fully saturated rings. The maximum Gasteiger partial charge on any atom is 0.235 e. The van der Waals surface area contributed by atoms with Crippen LogP contribution in [0.3, 0.4) is 0 Å². The predicted octanol–water partition coefficient (Wildman–Crippen LogP) is 27.6. The van der Waals surface area contributed by atoms with Crippen molar-refractivity contribution >= 4 is 141 Å². The van der Waals surface area contributed by atoms with Crippen LogP contribution in [-0.2, 0) is 0 Å². The van der Waals surface area contributed by atoms with Crippen molar-refractivity contribution in [2.45, 2.75) is 0 Å². The molecule has 0 atom stereocenters. The zero-order valence-electron chi connectivity index (χ0n) is 61.3. The van der Waals surface area contributed by atoms with Crippen molar-refractivity contribution in [3.05, 3.63) is 388 Å². The summed E-state index contributed by atoms with van der Waals surface area (Å²) < 4.78 is 18.4. The van der Waals surface area contributed by atoms with Gasteiger partial charge in [-0.15, -0.1) is 11.3 Å². The van der Waals surface area contributed by atoms with Crippen LogP contribution in [0.15, 0.2) is 393 Å². The van der Waals surface area contributed by atoms with Crippen LogP contribution in [0.1, 0.15) is 0 Å². The molecule has 8 heterocycles. The first-order chi connectivity index (χ1) is 56.5. The minimum Gasteiger partial charge on any atom is -0.454 e. The first-order valence-electron chi connectivity index (χ1n) is 38.5. The number of benzene rings is 16. The molecule has 0 spiro atoms. The van der Waals surface area contributed by atoms with Crippen LogP contribution >= 0.6 is 11.3 Å². The summed E-state index contributed by atoms with van der Waals surface area (Å²) in [5.41, 5.74) is 25.4. The Morgan fingerprint density at radius 3 is 0.930 bits per heavy atom. The van der Waals surface area contributed by atoms with E-state index in [0.29, 0.717) is 11.9 Å². The minimum atomic E-state index is 0.642. The van der Waals surface area contributed by atoms with Gasteiger partial charge in [0.1, 0.15) is 5.58 Å². The lowest BCUT2D eigenvalue weighted by molar-refractivity contribution is 0.666. The maximum atomic E-state index is 6.53. The van der Waals surface area contributed by atoms with Gasteiger partial charge in [0, 0.05) is 91.6 Å². The lowest BCUT2D eigenvalue weighted by atomic mass is 10.0. The second-order valence-corrected chi connectivity index (χ2v) is 30.2. The van der Waals surface area contributed by atoms with Crippen LogP contribution in [0.4, 0.5) is 0 Å². The van der Waals surface area contributed by atoms with Crippen LogP contribution in [0.2, 0.25) is 0 Å². The van der Waals surface area contributed by atoms with E-state index in [1.54, 1.807) is 0 Å². The summed E-state index contributed by atoms with van der Waals surface area (Å²) in [7, 11) is 0. The molecule has 24 rings (SSSR count). The highest BCUT2D eigenvalue weighted by Gasteiger charge is 2.24. The van der Waals surface area contributed by atoms with E-state index in [9.17, 15) is 0 Å². The predicted molar refractivity (Wildman–Crippen MR) is 474 cm³/mol. The molecule has 10 heteroatoms. The SMILES string of the molecule is c1ccc(-c2cc(-c3ccccc3)nc(-n3c4ccccc4c4cc(-c5ccc6c(c5)c5ccccc5n6-c5cccc6c5oc5ccccc56)ccc43)n2)cc1.c1ccc(-c2cc(-c3ccccc3)nc(-n3c4ccccc4c4cc(-c5ccc6c(c5)c5ccccc5n6-c5cccc6c5sc5ccccc56)ccc43)n2)cc1. The monoisotopic (exact) mass is 1470 g/mol. The first kappa shape index (κ1) is 64.8. The molecule has 9 nitrogen and oxygen atoms in total. The van der Waals surface area contributed by atoms with Gasteiger partial charge in [-0.2, -0.15) is 0 Å². The van der Waals surface area contributed by atoms with Crippen LogP contribution in [-0.4, -0.2) is 38.2 Å². The summed E-state index contributed by atoms with van der Waals surface area (Å²) in [4.78, 5) is 20.9. The van der Waals surface area contributed by atoms with Crippen molar-refractivity contribution < 1.29 is 4.42 Å². The van der Waals surface area contributed by atoms with Crippen LogP contribution in [0.25, 0.3) is 220 Å². The highest BCUT2D eigenvalue weighted by molar-refractivity contribution is 7.26. The van der Waals surface area contributed by atoms with Crippen molar-refractivity contribution in [3.63, 3.8) is 0 Å². The summed E-state index contributed by atoms with van der Waals surface area (Å²) in [6, 6.07) is 138. The smallest absolute Gasteiger partial charge is 0.235 e. The van der Waals surface area contributed by atoms with Crippen molar-refractivity contribution in [1.29, 1.82) is 0 Å². The minimum absolute atomic E-state index is 0.642. The lowest BCUT2D eigenvalue weighted by Crippen LogP contribution is -2.03. The molecule has 16 aromatic carbocycles. The number of fused-ring (bicyclic) bond motifs is 18. The molecule has 0 amide bonds. The number of rotatable bonds is 10. The Morgan fingerprint density at radius 1 is 0.202 bits per heavy atom. The molecular formula is C104H64N8OS. The van der Waals surface area contributed by atoms with Gasteiger partial charge in [-0.3, -0.25) is 9.13 Å². The van der Waals surface area contributed by atoms with Gasteiger partial charge in [-0.1, -0.05) is 279 Å². The fraction of sp³-hybridized carbons (Fsp3) is 0. The average Bonchev–Trinajstić information content (AvgIpc) is 1.60. The number of thiophene rings is 1. The molecule has 114 heavy (non-hydrogen) atoms. The van der Waals surface area contributed by atoms with E-state index < -0.39 is 0 Å². The number of aromatic nitrogens is 8. The average molecular weight is 1470 g/mol. The third kappa shape index (κ3) is 10.5. The van der Waals surface area contributed by atoms with Gasteiger partial charge >= 0.3 is 0 Å². The number of para-hydroxylation sites is 6. The molecule has 0 aliphatic heterocycles. The highest BCUT2D eigenvalue weighted by atomic mass is 32.1. The second kappa shape index (κ2) is 26.3. The molecule has 0 saturated carbocycles. The Hall–Kier alpha value is -15.1. The van der Waals surface area contributed by atoms with Gasteiger partial charge in [0.2, 0.25) is 11.9 Å². The first-order valence-corrected chi connectivity index (χ1v) is 39.3. The molecular weight excluding hydrogens is 1410 g/mol. The number of hydrogen-bond acceptors (Lipinski definition) is 6. The van der Waals surface area contributed by atoms with Gasteiger partial charge in [0.15, 0.2) is 5.58 Å².